The van der Waals surface area contributed by atoms with Crippen molar-refractivity contribution in [3.63, 3.8) is 0 Å². The van der Waals surface area contributed by atoms with E-state index < -0.39 is 4.92 Å². The van der Waals surface area contributed by atoms with Crippen LogP contribution in [0.15, 0.2) is 24.3 Å². The zero-order chi connectivity index (χ0) is 15.5. The fourth-order valence-corrected chi connectivity index (χ4v) is 2.41. The summed E-state index contributed by atoms with van der Waals surface area (Å²) >= 11 is 0. The fourth-order valence-electron chi connectivity index (χ4n) is 2.41. The van der Waals surface area contributed by atoms with Gasteiger partial charge in [-0.2, -0.15) is 5.10 Å². The first-order valence-corrected chi connectivity index (χ1v) is 6.93. The number of rotatable bonds is 4. The molecule has 1 aromatic heterocycles. The van der Waals surface area contributed by atoms with E-state index in [-0.39, 0.29) is 24.0 Å². The van der Waals surface area contributed by atoms with Crippen LogP contribution in [0, 0.1) is 10.1 Å². The third kappa shape index (κ3) is 3.66. The smallest absolute Gasteiger partial charge is 0.272 e. The van der Waals surface area contributed by atoms with Gasteiger partial charge in [-0.1, -0.05) is 12.1 Å². The fraction of sp³-hybridized carbons (Fsp3) is 0.286. The van der Waals surface area contributed by atoms with Gasteiger partial charge in [-0.3, -0.25) is 20.0 Å². The zero-order valence-corrected chi connectivity index (χ0v) is 13.0. The van der Waals surface area contributed by atoms with E-state index in [1.807, 2.05) is 0 Å². The van der Waals surface area contributed by atoms with Crippen LogP contribution < -0.4 is 10.6 Å². The predicted octanol–water partition coefficient (Wildman–Crippen LogP) is 1.32. The highest BCUT2D eigenvalue weighted by atomic mass is 35.5. The van der Waals surface area contributed by atoms with Gasteiger partial charge >= 0.3 is 0 Å². The van der Waals surface area contributed by atoms with Crippen LogP contribution in [-0.2, 0) is 19.5 Å². The van der Waals surface area contributed by atoms with Gasteiger partial charge in [0, 0.05) is 49.4 Å². The Hall–Kier alpha value is -2.45. The van der Waals surface area contributed by atoms with Gasteiger partial charge in [0.05, 0.1) is 4.92 Å². The molecule has 122 valence electrons. The van der Waals surface area contributed by atoms with Crippen LogP contribution >= 0.6 is 12.4 Å². The SMILES string of the molecule is Cl.O=C(NCc1ccc([N+](=O)[O-])cc1)c1n[nH]c2c1CNCC2. The lowest BCUT2D eigenvalue weighted by molar-refractivity contribution is -0.384. The largest absolute Gasteiger partial charge is 0.347 e. The van der Waals surface area contributed by atoms with Crippen molar-refractivity contribution in [2.24, 2.45) is 0 Å². The first kappa shape index (κ1) is 16.9. The maximum Gasteiger partial charge on any atom is 0.272 e. The summed E-state index contributed by atoms with van der Waals surface area (Å²) in [6.07, 6.45) is 0.831. The molecule has 8 nitrogen and oxygen atoms in total. The van der Waals surface area contributed by atoms with Crippen LogP contribution in [0.1, 0.15) is 27.3 Å². The number of halogens is 1. The Balaban J connectivity index is 0.00000192. The van der Waals surface area contributed by atoms with E-state index in [4.69, 9.17) is 0 Å². The minimum Gasteiger partial charge on any atom is -0.347 e. The number of nitro benzene ring substituents is 1. The number of non-ortho nitro benzene ring substituents is 1. The highest BCUT2D eigenvalue weighted by Crippen LogP contribution is 2.16. The number of nitrogens with zero attached hydrogens (tertiary/aromatic N) is 2. The first-order valence-electron chi connectivity index (χ1n) is 6.93. The van der Waals surface area contributed by atoms with E-state index in [2.05, 4.69) is 20.8 Å². The molecule has 0 spiro atoms. The molecule has 0 unspecified atom stereocenters. The second-order valence-electron chi connectivity index (χ2n) is 5.06. The summed E-state index contributed by atoms with van der Waals surface area (Å²) < 4.78 is 0. The minimum atomic E-state index is -0.453. The zero-order valence-electron chi connectivity index (χ0n) is 12.2. The Bertz CT molecular complexity index is 714. The highest BCUT2D eigenvalue weighted by Gasteiger charge is 2.21. The number of fused-ring (bicyclic) bond motifs is 1. The highest BCUT2D eigenvalue weighted by molar-refractivity contribution is 5.94. The van der Waals surface area contributed by atoms with Gasteiger partial charge in [-0.15, -0.1) is 12.4 Å². The van der Waals surface area contributed by atoms with Crippen molar-refractivity contribution in [3.05, 3.63) is 56.9 Å². The summed E-state index contributed by atoms with van der Waals surface area (Å²) in [5.41, 5.74) is 3.14. The average molecular weight is 338 g/mol. The molecule has 1 aliphatic rings. The quantitative estimate of drug-likeness (QED) is 0.575. The molecule has 0 bridgehead atoms. The molecule has 1 aromatic carbocycles. The topological polar surface area (TPSA) is 113 Å². The molecule has 0 aliphatic carbocycles. The van der Waals surface area contributed by atoms with Gasteiger partial charge in [-0.05, 0) is 5.56 Å². The second-order valence-corrected chi connectivity index (χ2v) is 5.06. The van der Waals surface area contributed by atoms with Crippen LogP contribution in [0.3, 0.4) is 0 Å². The Kier molecular flexibility index (Phi) is 5.30. The van der Waals surface area contributed by atoms with Crippen LogP contribution in [0.25, 0.3) is 0 Å². The molecule has 0 saturated heterocycles. The lowest BCUT2D eigenvalue weighted by Gasteiger charge is -2.12. The average Bonchev–Trinajstić information content (AvgIpc) is 2.97. The van der Waals surface area contributed by atoms with Crippen LogP contribution in [0.4, 0.5) is 5.69 Å². The summed E-state index contributed by atoms with van der Waals surface area (Å²) in [7, 11) is 0. The van der Waals surface area contributed by atoms with Crippen LogP contribution in [0.2, 0.25) is 0 Å². The lowest BCUT2D eigenvalue weighted by atomic mass is 10.1. The van der Waals surface area contributed by atoms with Crippen molar-refractivity contribution in [2.45, 2.75) is 19.5 Å². The second kappa shape index (κ2) is 7.21. The van der Waals surface area contributed by atoms with Gasteiger partial charge in [0.1, 0.15) is 0 Å². The minimum absolute atomic E-state index is 0. The van der Waals surface area contributed by atoms with Crippen molar-refractivity contribution in [1.82, 2.24) is 20.8 Å². The van der Waals surface area contributed by atoms with Crippen molar-refractivity contribution in [2.75, 3.05) is 6.54 Å². The molecule has 3 rings (SSSR count). The third-order valence-electron chi connectivity index (χ3n) is 3.62. The van der Waals surface area contributed by atoms with Gasteiger partial charge in [0.2, 0.25) is 0 Å². The predicted molar refractivity (Wildman–Crippen MR) is 85.5 cm³/mol. The van der Waals surface area contributed by atoms with Gasteiger partial charge in [-0.25, -0.2) is 0 Å². The number of H-pyrrole nitrogens is 1. The number of nitro groups is 1. The van der Waals surface area contributed by atoms with Gasteiger partial charge < -0.3 is 10.6 Å². The molecule has 2 heterocycles. The number of hydrogen-bond donors (Lipinski definition) is 3. The number of nitrogens with one attached hydrogen (secondary N) is 3. The molecule has 0 saturated carbocycles. The molecule has 2 aromatic rings. The maximum atomic E-state index is 12.2. The Labute approximate surface area is 138 Å². The van der Waals surface area contributed by atoms with Gasteiger partial charge in [0.25, 0.3) is 11.6 Å². The molecule has 23 heavy (non-hydrogen) atoms. The summed E-state index contributed by atoms with van der Waals surface area (Å²) in [6.45, 7) is 1.80. The molecule has 0 atom stereocenters. The molecular weight excluding hydrogens is 322 g/mol. The number of carbonyl (C=O) groups is 1. The van der Waals surface area contributed by atoms with Crippen molar-refractivity contribution in [3.8, 4) is 0 Å². The summed E-state index contributed by atoms with van der Waals surface area (Å²) in [4.78, 5) is 22.3. The van der Waals surface area contributed by atoms with Crippen LogP contribution in [0.5, 0.6) is 0 Å². The molecule has 0 fully saturated rings. The number of hydrogen-bond acceptors (Lipinski definition) is 5. The number of benzene rings is 1. The third-order valence-corrected chi connectivity index (χ3v) is 3.62. The van der Waals surface area contributed by atoms with Crippen LogP contribution in [-0.4, -0.2) is 27.6 Å². The van der Waals surface area contributed by atoms with Crippen molar-refractivity contribution in [1.29, 1.82) is 0 Å². The lowest BCUT2D eigenvalue weighted by Crippen LogP contribution is -2.28. The van der Waals surface area contributed by atoms with E-state index in [9.17, 15) is 14.9 Å². The number of carbonyl (C=O) groups excluding carboxylic acids is 1. The number of aromatic nitrogens is 2. The maximum absolute atomic E-state index is 12.2. The molecule has 9 heteroatoms. The summed E-state index contributed by atoms with van der Waals surface area (Å²) in [6, 6.07) is 6.09. The summed E-state index contributed by atoms with van der Waals surface area (Å²) in [5.74, 6) is -0.250. The van der Waals surface area contributed by atoms with Gasteiger partial charge in [0.15, 0.2) is 5.69 Å². The van der Waals surface area contributed by atoms with E-state index in [0.29, 0.717) is 18.8 Å². The molecule has 1 amide bonds. The molecule has 1 aliphatic heterocycles. The van der Waals surface area contributed by atoms with E-state index in [1.165, 1.54) is 12.1 Å². The molecule has 0 radical (unpaired) electrons. The van der Waals surface area contributed by atoms with E-state index in [0.717, 1.165) is 29.8 Å². The monoisotopic (exact) mass is 337 g/mol. The number of amides is 1. The first-order chi connectivity index (χ1) is 10.6. The Morgan fingerprint density at radius 3 is 2.78 bits per heavy atom. The molecular formula is C14H16ClN5O3. The van der Waals surface area contributed by atoms with Crippen molar-refractivity contribution >= 4 is 24.0 Å². The summed E-state index contributed by atoms with van der Waals surface area (Å²) in [5, 5.41) is 23.6. The Morgan fingerprint density at radius 2 is 2.09 bits per heavy atom. The number of aromatic amines is 1. The Morgan fingerprint density at radius 1 is 1.35 bits per heavy atom. The van der Waals surface area contributed by atoms with E-state index in [1.54, 1.807) is 12.1 Å². The normalized spacial score (nSPS) is 12.9. The standard InChI is InChI=1S/C14H15N5O3.ClH/c20-14(13-11-8-15-6-5-12(11)17-18-13)16-7-9-1-3-10(4-2-9)19(21)22;/h1-4,15H,5-8H2,(H,16,20)(H,17,18);1H. The van der Waals surface area contributed by atoms with E-state index >= 15 is 0 Å². The van der Waals surface area contributed by atoms with Crippen molar-refractivity contribution < 1.29 is 9.72 Å². The molecule has 3 N–H and O–H groups in total.